The van der Waals surface area contributed by atoms with Crippen LogP contribution in [0.3, 0.4) is 0 Å². The second-order valence-corrected chi connectivity index (χ2v) is 6.12. The normalized spacial score (nSPS) is 16.1. The number of aryl methyl sites for hydroxylation is 1. The summed E-state index contributed by atoms with van der Waals surface area (Å²) in [5.41, 5.74) is 0.952. The van der Waals surface area contributed by atoms with Gasteiger partial charge in [-0.05, 0) is 25.7 Å². The van der Waals surface area contributed by atoms with Crippen molar-refractivity contribution >= 4 is 11.7 Å². The van der Waals surface area contributed by atoms with Crippen LogP contribution in [-0.4, -0.2) is 29.7 Å². The summed E-state index contributed by atoms with van der Waals surface area (Å²) < 4.78 is 5.42. The van der Waals surface area contributed by atoms with Crippen molar-refractivity contribution in [3.8, 4) is 0 Å². The van der Waals surface area contributed by atoms with Crippen LogP contribution >= 0.6 is 0 Å². The third-order valence-corrected chi connectivity index (χ3v) is 3.98. The van der Waals surface area contributed by atoms with Gasteiger partial charge in [0.25, 0.3) is 5.91 Å². The van der Waals surface area contributed by atoms with E-state index in [1.54, 1.807) is 11.9 Å². The molecule has 1 heterocycles. The largest absolute Gasteiger partial charge is 0.468 e. The average Bonchev–Trinajstić information content (AvgIpc) is 2.81. The lowest BCUT2D eigenvalue weighted by atomic mass is 9.93. The van der Waals surface area contributed by atoms with Crippen molar-refractivity contribution in [3.63, 3.8) is 0 Å². The van der Waals surface area contributed by atoms with Crippen molar-refractivity contribution in [2.45, 2.75) is 52.5 Å². The molecule has 1 aliphatic carbocycles. The van der Waals surface area contributed by atoms with E-state index in [1.807, 2.05) is 6.92 Å². The molecule has 4 heteroatoms. The molecule has 4 nitrogen and oxygen atoms in total. The van der Waals surface area contributed by atoms with E-state index in [0.717, 1.165) is 19.3 Å². The van der Waals surface area contributed by atoms with E-state index in [0.29, 0.717) is 29.2 Å². The van der Waals surface area contributed by atoms with Crippen LogP contribution in [0.1, 0.15) is 66.5 Å². The molecule has 0 unspecified atom stereocenters. The minimum Gasteiger partial charge on any atom is -0.468 e. The Morgan fingerprint density at radius 3 is 2.70 bits per heavy atom. The summed E-state index contributed by atoms with van der Waals surface area (Å²) in [4.78, 5) is 26.3. The zero-order valence-corrected chi connectivity index (χ0v) is 12.7. The number of fused-ring (bicyclic) bond motifs is 1. The molecule has 0 aliphatic heterocycles. The molecule has 1 aliphatic rings. The summed E-state index contributed by atoms with van der Waals surface area (Å²) in [6.07, 6.45) is 4.47. The molecular formula is C16H23NO3. The highest BCUT2D eigenvalue weighted by atomic mass is 16.3. The fraction of sp³-hybridized carbons (Fsp3) is 0.625. The van der Waals surface area contributed by atoms with Crippen molar-refractivity contribution in [1.82, 2.24) is 4.90 Å². The minimum absolute atomic E-state index is 0.0354. The van der Waals surface area contributed by atoms with Crippen LogP contribution in [0.2, 0.25) is 0 Å². The Kier molecular flexibility index (Phi) is 4.31. The molecule has 0 spiro atoms. The van der Waals surface area contributed by atoms with E-state index >= 15 is 0 Å². The maximum Gasteiger partial charge on any atom is 0.257 e. The molecule has 0 saturated heterocycles. The molecule has 1 aromatic heterocycles. The monoisotopic (exact) mass is 277 g/mol. The Hall–Kier alpha value is -1.58. The Labute approximate surface area is 120 Å². The van der Waals surface area contributed by atoms with Crippen molar-refractivity contribution in [3.05, 3.63) is 23.2 Å². The average molecular weight is 277 g/mol. The van der Waals surface area contributed by atoms with Crippen molar-refractivity contribution < 1.29 is 14.0 Å². The maximum absolute atomic E-state index is 12.6. The van der Waals surface area contributed by atoms with Crippen LogP contribution in [-0.2, 0) is 6.42 Å². The molecule has 0 bridgehead atoms. The van der Waals surface area contributed by atoms with Crippen molar-refractivity contribution in [1.29, 1.82) is 0 Å². The van der Waals surface area contributed by atoms with Gasteiger partial charge in [0.05, 0.1) is 11.1 Å². The third kappa shape index (κ3) is 2.79. The standard InChI is InChI=1S/C16H23NO3/c1-10(2)8-11(3)17(4)16(19)12-9-20-14-7-5-6-13(18)15(12)14/h9-11H,5-8H2,1-4H3/t11-/m1/s1. The van der Waals surface area contributed by atoms with E-state index in [1.165, 1.54) is 6.26 Å². The number of nitrogens with zero attached hydrogens (tertiary/aromatic N) is 1. The van der Waals surface area contributed by atoms with Gasteiger partial charge in [0.2, 0.25) is 0 Å². The first kappa shape index (κ1) is 14.8. The van der Waals surface area contributed by atoms with Crippen LogP contribution in [0.25, 0.3) is 0 Å². The number of hydrogen-bond donors (Lipinski definition) is 0. The molecule has 0 saturated carbocycles. The lowest BCUT2D eigenvalue weighted by Crippen LogP contribution is -2.36. The lowest BCUT2D eigenvalue weighted by molar-refractivity contribution is 0.0722. The fourth-order valence-corrected chi connectivity index (χ4v) is 2.81. The Morgan fingerprint density at radius 1 is 1.35 bits per heavy atom. The summed E-state index contributed by atoms with van der Waals surface area (Å²) in [5, 5.41) is 0. The number of rotatable bonds is 4. The van der Waals surface area contributed by atoms with Crippen LogP contribution in [0, 0.1) is 5.92 Å². The number of carbonyl (C=O) groups excluding carboxylic acids is 2. The van der Waals surface area contributed by atoms with Crippen LogP contribution in [0.15, 0.2) is 10.7 Å². The zero-order valence-electron chi connectivity index (χ0n) is 12.7. The first-order chi connectivity index (χ1) is 9.41. The molecule has 1 amide bonds. The van der Waals surface area contributed by atoms with Crippen molar-refractivity contribution in [2.24, 2.45) is 5.92 Å². The molecule has 0 aromatic carbocycles. The highest BCUT2D eigenvalue weighted by Gasteiger charge is 2.30. The topological polar surface area (TPSA) is 50.5 Å². The van der Waals surface area contributed by atoms with Gasteiger partial charge in [-0.15, -0.1) is 0 Å². The van der Waals surface area contributed by atoms with E-state index in [9.17, 15) is 9.59 Å². The predicted molar refractivity (Wildman–Crippen MR) is 77.0 cm³/mol. The molecule has 0 fully saturated rings. The first-order valence-electron chi connectivity index (χ1n) is 7.32. The smallest absolute Gasteiger partial charge is 0.257 e. The van der Waals surface area contributed by atoms with Gasteiger partial charge in [-0.25, -0.2) is 0 Å². The zero-order chi connectivity index (χ0) is 14.9. The summed E-state index contributed by atoms with van der Waals surface area (Å²) in [6.45, 7) is 6.31. The fourth-order valence-electron chi connectivity index (χ4n) is 2.81. The summed E-state index contributed by atoms with van der Waals surface area (Å²) in [6, 6.07) is 0.145. The van der Waals surface area contributed by atoms with Crippen LogP contribution in [0.4, 0.5) is 0 Å². The van der Waals surface area contributed by atoms with E-state index in [2.05, 4.69) is 13.8 Å². The molecule has 2 rings (SSSR count). The van der Waals surface area contributed by atoms with Gasteiger partial charge in [-0.3, -0.25) is 9.59 Å². The first-order valence-corrected chi connectivity index (χ1v) is 7.32. The highest BCUT2D eigenvalue weighted by Crippen LogP contribution is 2.27. The van der Waals surface area contributed by atoms with E-state index in [4.69, 9.17) is 4.42 Å². The summed E-state index contributed by atoms with van der Waals surface area (Å²) >= 11 is 0. The van der Waals surface area contributed by atoms with Crippen LogP contribution < -0.4 is 0 Å². The highest BCUT2D eigenvalue weighted by molar-refractivity contribution is 6.09. The second-order valence-electron chi connectivity index (χ2n) is 6.12. The van der Waals surface area contributed by atoms with Gasteiger partial charge < -0.3 is 9.32 Å². The number of hydrogen-bond acceptors (Lipinski definition) is 3. The molecular weight excluding hydrogens is 254 g/mol. The molecule has 0 N–H and O–H groups in total. The molecule has 1 atom stereocenters. The maximum atomic E-state index is 12.6. The van der Waals surface area contributed by atoms with E-state index in [-0.39, 0.29) is 17.7 Å². The minimum atomic E-state index is -0.113. The number of ketones is 1. The third-order valence-electron chi connectivity index (χ3n) is 3.98. The lowest BCUT2D eigenvalue weighted by Gasteiger charge is -2.26. The Bertz CT molecular complexity index is 516. The van der Waals surface area contributed by atoms with Crippen molar-refractivity contribution in [2.75, 3.05) is 7.05 Å². The van der Waals surface area contributed by atoms with Gasteiger partial charge in [-0.1, -0.05) is 13.8 Å². The van der Waals surface area contributed by atoms with Gasteiger partial charge in [-0.2, -0.15) is 0 Å². The Balaban J connectivity index is 2.22. The number of furan rings is 1. The molecule has 110 valence electrons. The van der Waals surface area contributed by atoms with Gasteiger partial charge in [0.15, 0.2) is 5.78 Å². The molecule has 1 aromatic rings. The Morgan fingerprint density at radius 2 is 2.05 bits per heavy atom. The molecule has 0 radical (unpaired) electrons. The summed E-state index contributed by atoms with van der Waals surface area (Å²) in [5.74, 6) is 1.13. The molecule has 20 heavy (non-hydrogen) atoms. The SMILES string of the molecule is CC(C)C[C@@H](C)N(C)C(=O)c1coc2c1C(=O)CCC2. The van der Waals surface area contributed by atoms with Gasteiger partial charge in [0.1, 0.15) is 12.0 Å². The number of carbonyl (C=O) groups is 2. The van der Waals surface area contributed by atoms with Gasteiger partial charge in [0, 0.05) is 25.9 Å². The number of amides is 1. The van der Waals surface area contributed by atoms with Crippen LogP contribution in [0.5, 0.6) is 0 Å². The van der Waals surface area contributed by atoms with Gasteiger partial charge >= 0.3 is 0 Å². The summed E-state index contributed by atoms with van der Waals surface area (Å²) in [7, 11) is 1.79. The van der Waals surface area contributed by atoms with E-state index < -0.39 is 0 Å². The second kappa shape index (κ2) is 5.81. The number of Topliss-reactive ketones (excluding diaryl/α,β-unsaturated/α-hetero) is 1. The predicted octanol–water partition coefficient (Wildman–Crippen LogP) is 3.31. The quantitative estimate of drug-likeness (QED) is 0.848.